The molecule has 15 aromatic carbocycles. The maximum Gasteiger partial charge on any atom is 0.192 e. The summed E-state index contributed by atoms with van der Waals surface area (Å²) in [4.78, 5) is 45.2. The zero-order valence-corrected chi connectivity index (χ0v) is 68.0. The van der Waals surface area contributed by atoms with Crippen molar-refractivity contribution in [3.05, 3.63) is 422 Å². The van der Waals surface area contributed by atoms with Crippen molar-refractivity contribution in [2.24, 2.45) is 0 Å². The number of thiazole rings is 1. The second-order valence-electron chi connectivity index (χ2n) is 28.7. The van der Waals surface area contributed by atoms with Gasteiger partial charge in [-0.15, -0.1) is 11.3 Å². The van der Waals surface area contributed by atoms with Crippen molar-refractivity contribution in [3.63, 3.8) is 0 Å². The molecule has 0 unspecified atom stereocenters. The summed E-state index contributed by atoms with van der Waals surface area (Å²) in [5.41, 5.74) is 23.9. The van der Waals surface area contributed by atoms with Crippen LogP contribution in [0.2, 0.25) is 0 Å². The molecule has 0 spiro atoms. The molecule has 0 amide bonds. The van der Waals surface area contributed by atoms with Gasteiger partial charge in [0, 0.05) is 61.8 Å². The summed E-state index contributed by atoms with van der Waals surface area (Å²) in [6, 6.07) is 131. The summed E-state index contributed by atoms with van der Waals surface area (Å²) in [5, 5.41) is 11.9. The van der Waals surface area contributed by atoms with Crippen molar-refractivity contribution >= 4 is 109 Å². The second-order valence-corrected chi connectivity index (χ2v) is 30.0. The summed E-state index contributed by atoms with van der Waals surface area (Å²) < 4.78 is 6.53. The summed E-state index contributed by atoms with van der Waals surface area (Å²) >= 11 is 1.74. The van der Waals surface area contributed by atoms with Gasteiger partial charge in [-0.25, -0.2) is 44.9 Å². The molecule has 0 fully saturated rings. The Balaban J connectivity index is 0.000000105. The molecule has 12 heteroatoms. The van der Waals surface area contributed by atoms with Gasteiger partial charge in [0.05, 0.1) is 65.6 Å². The first-order valence-electron chi connectivity index (χ1n) is 39.7. The first kappa shape index (κ1) is 77.9. The predicted octanol–water partition coefficient (Wildman–Crippen LogP) is 28.0. The van der Waals surface area contributed by atoms with E-state index in [2.05, 4.69) is 284 Å². The summed E-state index contributed by atoms with van der Waals surface area (Å²) in [6.07, 6.45) is 0. The quantitative estimate of drug-likeness (QED) is 0.157. The van der Waals surface area contributed by atoms with Gasteiger partial charge in [-0.2, -0.15) is 0 Å². The lowest BCUT2D eigenvalue weighted by atomic mass is 9.98. The highest BCUT2D eigenvalue weighted by atomic mass is 32.1. The van der Waals surface area contributed by atoms with Crippen LogP contribution >= 0.6 is 11.3 Å². The largest absolute Gasteiger partial charge is 0.441 e. The van der Waals surface area contributed by atoms with E-state index in [1.54, 1.807) is 11.3 Å². The molecule has 119 heavy (non-hydrogen) atoms. The Kier molecular flexibility index (Phi) is 24.0. The van der Waals surface area contributed by atoms with Crippen molar-refractivity contribution in [2.45, 2.75) is 48.5 Å². The molecule has 0 bridgehead atoms. The average Bonchev–Trinajstić information content (AvgIpc) is 1.75. The van der Waals surface area contributed by atoms with E-state index in [-0.39, 0.29) is 0 Å². The van der Waals surface area contributed by atoms with Crippen LogP contribution < -0.4 is 0 Å². The number of nitrogens with zero attached hydrogens (tertiary/aromatic N) is 10. The Labute approximate surface area is 695 Å². The van der Waals surface area contributed by atoms with Crippen molar-refractivity contribution < 1.29 is 4.42 Å². The molecule has 0 aliphatic rings. The van der Waals surface area contributed by atoms with Gasteiger partial charge in [-0.05, 0) is 164 Å². The molecule has 0 saturated carbocycles. The van der Waals surface area contributed by atoms with Gasteiger partial charge >= 0.3 is 0 Å². The minimum Gasteiger partial charge on any atom is -0.441 e. The van der Waals surface area contributed by atoms with E-state index >= 15 is 0 Å². The number of pyridine rings is 2. The number of hydrogen-bond donors (Lipinski definition) is 0. The van der Waals surface area contributed by atoms with Crippen molar-refractivity contribution in [1.29, 1.82) is 0 Å². The zero-order valence-electron chi connectivity index (χ0n) is 67.2. The van der Waals surface area contributed by atoms with Crippen LogP contribution in [0, 0.1) is 48.5 Å². The lowest BCUT2D eigenvalue weighted by Crippen LogP contribution is -1.94. The van der Waals surface area contributed by atoms with Gasteiger partial charge in [-0.1, -0.05) is 309 Å². The normalized spacial score (nSPS) is 10.8. The highest BCUT2D eigenvalue weighted by Crippen LogP contribution is 2.36. The Bertz CT molecular complexity index is 7120. The topological polar surface area (TPSA) is 142 Å². The van der Waals surface area contributed by atoms with Crippen LogP contribution in [0.1, 0.15) is 39.6 Å². The lowest BCUT2D eigenvalue weighted by molar-refractivity contribution is 0.561. The number of rotatable bonds is 6. The minimum absolute atomic E-state index is 0.723. The number of aryl methyl sites for hydroxylation is 7. The molecular weight excluding hydrogens is 1470 g/mol. The fourth-order valence-corrected chi connectivity index (χ4v) is 15.5. The van der Waals surface area contributed by atoms with Gasteiger partial charge in [0.15, 0.2) is 11.5 Å². The molecule has 574 valence electrons. The van der Waals surface area contributed by atoms with Crippen LogP contribution in [0.15, 0.2) is 387 Å². The standard InChI is InChI=1S/C21H16N2.C20H15N.C19H14N2.C16H13N.C15H12N2.C8H7NO.C8H7NS/c1-15-22-20-10-6-5-9-19(20)21(23-15)18-13-11-17(12-14-18)16-7-3-2-4-8-16;1-14-12-19(18-8-4-5-9-20(18)21-14)17-11-10-15-6-2-3-7-16(15)13-17;1-13-20-18-12-5-4-10-17(18)19(21-13)16-11-6-8-14-7-2-3-9-15(14)16;1-12-11-16(13-7-3-2-4-8-13)17-15-10-6-5-9-14(12)15;1-11-16-14-10-6-5-9-13(14)15(17-11)12-7-3-2-4-8-12;2*1-6-9-7-4-2-3-5-8(7)10-6/h2-14H,1H3;2-13H,1H3;2-12H,1H3;2-11H,1H3;2-10H,1H3;2*2-5H,1H3. The molecule has 0 aliphatic heterocycles. The summed E-state index contributed by atoms with van der Waals surface area (Å²) in [7, 11) is 0. The van der Waals surface area contributed by atoms with E-state index in [0.29, 0.717) is 0 Å². The van der Waals surface area contributed by atoms with Crippen molar-refractivity contribution in [1.82, 2.24) is 49.8 Å². The van der Waals surface area contributed by atoms with Gasteiger partial charge in [0.2, 0.25) is 0 Å². The Morgan fingerprint density at radius 2 is 0.639 bits per heavy atom. The monoisotopic (exact) mass is 1560 g/mol. The molecule has 7 heterocycles. The van der Waals surface area contributed by atoms with E-state index in [0.717, 1.165) is 134 Å². The number of oxazole rings is 1. The maximum absolute atomic E-state index is 5.26. The third-order valence-electron chi connectivity index (χ3n) is 20.2. The Hall–Kier alpha value is -15.0. The SMILES string of the molecule is Cc1cc(-c2ccc3ccccc3c2)c2ccccc2n1.Cc1cc(-c2ccccc2)nc2ccccc12.Cc1nc(-c2ccc(-c3ccccc3)cc2)c2ccccc2n1.Cc1nc(-c2cccc3ccccc23)c2ccccc2n1.Cc1nc(-c2ccccc2)c2ccccc2n1.Cc1nc2ccccc2o1.Cc1nc2ccccc2s1. The van der Waals surface area contributed by atoms with E-state index in [1.807, 2.05) is 186 Å². The lowest BCUT2D eigenvalue weighted by Gasteiger charge is -2.10. The second kappa shape index (κ2) is 36.7. The molecule has 22 aromatic rings. The number of hydrogen-bond acceptors (Lipinski definition) is 12. The first-order chi connectivity index (χ1) is 58.4. The van der Waals surface area contributed by atoms with Crippen LogP contribution in [0.3, 0.4) is 0 Å². The minimum atomic E-state index is 0.723. The fourth-order valence-electron chi connectivity index (χ4n) is 14.7. The highest BCUT2D eigenvalue weighted by Gasteiger charge is 2.14. The average molecular weight is 1560 g/mol. The third kappa shape index (κ3) is 18.7. The fraction of sp³-hybridized carbons (Fsp3) is 0.0654. The van der Waals surface area contributed by atoms with Gasteiger partial charge < -0.3 is 4.42 Å². The van der Waals surface area contributed by atoms with E-state index in [4.69, 9.17) is 14.4 Å². The molecule has 0 radical (unpaired) electrons. The van der Waals surface area contributed by atoms with Crippen LogP contribution in [0.5, 0.6) is 0 Å². The van der Waals surface area contributed by atoms with Crippen LogP contribution in [-0.4, -0.2) is 49.8 Å². The zero-order chi connectivity index (χ0) is 81.4. The van der Waals surface area contributed by atoms with Crippen molar-refractivity contribution in [2.75, 3.05) is 0 Å². The van der Waals surface area contributed by atoms with E-state index in [1.165, 1.54) is 70.4 Å². The number of fused-ring (bicyclic) bond motifs is 9. The molecule has 0 N–H and O–H groups in total. The maximum atomic E-state index is 5.26. The Morgan fingerprint density at radius 3 is 1.23 bits per heavy atom. The number of aromatic nitrogens is 10. The van der Waals surface area contributed by atoms with Gasteiger partial charge in [0.1, 0.15) is 23.0 Å². The molecule has 0 atom stereocenters. The molecule has 0 saturated heterocycles. The highest BCUT2D eigenvalue weighted by molar-refractivity contribution is 7.18. The number of benzene rings is 15. The molecular formula is C107H84N10OS. The smallest absolute Gasteiger partial charge is 0.192 e. The van der Waals surface area contributed by atoms with Crippen LogP contribution in [0.4, 0.5) is 0 Å². The van der Waals surface area contributed by atoms with Crippen molar-refractivity contribution in [3.8, 4) is 67.3 Å². The molecule has 11 nitrogen and oxygen atoms in total. The molecule has 0 aliphatic carbocycles. The van der Waals surface area contributed by atoms with E-state index < -0.39 is 0 Å². The molecule has 7 aromatic heterocycles. The van der Waals surface area contributed by atoms with Crippen LogP contribution in [0.25, 0.3) is 165 Å². The summed E-state index contributed by atoms with van der Waals surface area (Å²) in [5.74, 6) is 3.13. The van der Waals surface area contributed by atoms with E-state index in [9.17, 15) is 0 Å². The Morgan fingerprint density at radius 1 is 0.227 bits per heavy atom. The first-order valence-corrected chi connectivity index (χ1v) is 40.5. The van der Waals surface area contributed by atoms with Gasteiger partial charge in [-0.3, -0.25) is 4.98 Å². The number of para-hydroxylation sites is 8. The third-order valence-corrected chi connectivity index (χ3v) is 21.2. The molecule has 22 rings (SSSR count). The van der Waals surface area contributed by atoms with Crippen LogP contribution in [-0.2, 0) is 0 Å². The predicted molar refractivity (Wildman–Crippen MR) is 497 cm³/mol. The van der Waals surface area contributed by atoms with Gasteiger partial charge in [0.25, 0.3) is 0 Å². The summed E-state index contributed by atoms with van der Waals surface area (Å²) in [6.45, 7) is 13.9.